The van der Waals surface area contributed by atoms with Gasteiger partial charge >= 0.3 is 0 Å². The molecule has 3 aromatic heterocycles. The maximum atomic E-state index is 13.1. The fraction of sp³-hybridized carbons (Fsp3) is 0.357. The largest absolute Gasteiger partial charge is 0.357 e. The van der Waals surface area contributed by atoms with Gasteiger partial charge in [0.1, 0.15) is 5.82 Å². The fourth-order valence-corrected chi connectivity index (χ4v) is 5.32. The van der Waals surface area contributed by atoms with E-state index < -0.39 is 0 Å². The molecule has 4 aromatic rings. The number of H-pyrrole nitrogens is 1. The minimum Gasteiger partial charge on any atom is -0.357 e. The van der Waals surface area contributed by atoms with Gasteiger partial charge in [-0.05, 0) is 67.1 Å². The Labute approximate surface area is 220 Å². The highest BCUT2D eigenvalue weighted by Crippen LogP contribution is 2.27. The van der Waals surface area contributed by atoms with Crippen LogP contribution in [0.15, 0.2) is 60.2 Å². The molecule has 2 fully saturated rings. The number of pyridine rings is 2. The second-order valence-electron chi connectivity index (χ2n) is 10.1. The molecule has 2 saturated heterocycles. The van der Waals surface area contributed by atoms with E-state index in [-0.39, 0.29) is 11.9 Å². The van der Waals surface area contributed by atoms with Crippen molar-refractivity contribution in [2.45, 2.75) is 38.3 Å². The van der Waals surface area contributed by atoms with Crippen LogP contribution in [0.5, 0.6) is 0 Å². The maximum absolute atomic E-state index is 13.1. The van der Waals surface area contributed by atoms with Crippen molar-refractivity contribution < 1.29 is 4.79 Å². The zero-order valence-electron chi connectivity index (χ0n) is 21.1. The average Bonchev–Trinajstić information content (AvgIpc) is 3.64. The Bertz CT molecular complexity index is 1440. The summed E-state index contributed by atoms with van der Waals surface area (Å²) in [6, 6.07) is 11.8. The number of carbonyl (C=O) groups excluding carboxylic acids is 1. The molecule has 6 rings (SSSR count). The third-order valence-electron chi connectivity index (χ3n) is 7.45. The van der Waals surface area contributed by atoms with Gasteiger partial charge in [0.2, 0.25) is 0 Å². The summed E-state index contributed by atoms with van der Waals surface area (Å²) in [6.45, 7) is 4.54. The Hall–Kier alpha value is -4.18. The number of amides is 1. The van der Waals surface area contributed by atoms with Crippen molar-refractivity contribution in [1.82, 2.24) is 25.1 Å². The molecule has 0 aliphatic carbocycles. The number of fused-ring (bicyclic) bond motifs is 1. The lowest BCUT2D eigenvalue weighted by atomic mass is 10.0. The molecular weight excluding hydrogens is 480 g/mol. The number of benzene rings is 1. The minimum atomic E-state index is -0.288. The lowest BCUT2D eigenvalue weighted by molar-refractivity contribution is 0.102. The van der Waals surface area contributed by atoms with Gasteiger partial charge in [-0.3, -0.25) is 19.8 Å². The van der Waals surface area contributed by atoms with Crippen LogP contribution in [0, 0.1) is 4.91 Å². The van der Waals surface area contributed by atoms with E-state index >= 15 is 0 Å². The Morgan fingerprint density at radius 2 is 1.84 bits per heavy atom. The number of hydrogen-bond donors (Lipinski definition) is 2. The minimum absolute atomic E-state index is 0.0608. The van der Waals surface area contributed by atoms with Crippen LogP contribution >= 0.6 is 0 Å². The molecule has 0 radical (unpaired) electrons. The number of aromatic nitrogens is 4. The second kappa shape index (κ2) is 10.7. The quantitative estimate of drug-likeness (QED) is 0.349. The highest BCUT2D eigenvalue weighted by Gasteiger charge is 2.20. The molecule has 10 heteroatoms. The van der Waals surface area contributed by atoms with Crippen LogP contribution in [0.1, 0.15) is 41.7 Å². The van der Waals surface area contributed by atoms with Crippen LogP contribution < -0.4 is 10.2 Å². The zero-order valence-corrected chi connectivity index (χ0v) is 21.1. The predicted octanol–water partition coefficient (Wildman–Crippen LogP) is 4.60. The molecule has 2 aliphatic heterocycles. The maximum Gasteiger partial charge on any atom is 0.276 e. The van der Waals surface area contributed by atoms with Crippen molar-refractivity contribution in [3.05, 3.63) is 71.2 Å². The molecular formula is C28H30N8O2. The lowest BCUT2D eigenvalue weighted by Crippen LogP contribution is -2.34. The summed E-state index contributed by atoms with van der Waals surface area (Å²) in [5.74, 6) is 0.651. The first-order valence-electron chi connectivity index (χ1n) is 13.2. The summed E-state index contributed by atoms with van der Waals surface area (Å²) < 4.78 is 0. The van der Waals surface area contributed by atoms with Gasteiger partial charge in [0.25, 0.3) is 5.91 Å². The number of likely N-dealkylation sites (tertiary alicyclic amines) is 1. The Balaban J connectivity index is 1.18. The van der Waals surface area contributed by atoms with Crippen molar-refractivity contribution in [3.8, 4) is 11.1 Å². The van der Waals surface area contributed by atoms with Crippen molar-refractivity contribution in [1.29, 1.82) is 0 Å². The first-order chi connectivity index (χ1) is 18.7. The summed E-state index contributed by atoms with van der Waals surface area (Å²) >= 11 is 0. The molecule has 1 amide bonds. The van der Waals surface area contributed by atoms with Gasteiger partial charge in [-0.25, -0.2) is 4.98 Å². The van der Waals surface area contributed by atoms with Gasteiger partial charge in [0, 0.05) is 56.1 Å². The van der Waals surface area contributed by atoms with E-state index in [9.17, 15) is 9.70 Å². The molecule has 38 heavy (non-hydrogen) atoms. The SMILES string of the molecule is O=NC1CCN(Cc2cncc(-c3ccc4[nH]nc(C(=O)Nc5ccc(N6CCCC6)nc5)c4c3)c2)CC1. The summed E-state index contributed by atoms with van der Waals surface area (Å²) in [5, 5.41) is 14.1. The standard InChI is InChI=1S/C28H30N8O2/c37-28(31-23-4-6-26(30-17-23)36-9-1-2-10-36)27-24-14-20(3-5-25(24)32-33-27)21-13-19(15-29-16-21)18-35-11-7-22(34-38)8-12-35/h3-6,13-17,22H,1-2,7-12,18H2,(H,31,37)(H,32,33). The van der Waals surface area contributed by atoms with Gasteiger partial charge in [-0.1, -0.05) is 11.2 Å². The van der Waals surface area contributed by atoms with Crippen LogP contribution in [0.25, 0.3) is 22.0 Å². The van der Waals surface area contributed by atoms with Gasteiger partial charge in [-0.2, -0.15) is 10.0 Å². The topological polar surface area (TPSA) is 119 Å². The van der Waals surface area contributed by atoms with E-state index in [1.165, 1.54) is 12.8 Å². The molecule has 0 atom stereocenters. The van der Waals surface area contributed by atoms with E-state index in [0.29, 0.717) is 11.4 Å². The molecule has 2 N–H and O–H groups in total. The molecule has 10 nitrogen and oxygen atoms in total. The number of aromatic amines is 1. The summed E-state index contributed by atoms with van der Waals surface area (Å²) in [4.78, 5) is 37.5. The number of rotatable bonds is 7. The summed E-state index contributed by atoms with van der Waals surface area (Å²) in [6.07, 6.45) is 9.39. The summed E-state index contributed by atoms with van der Waals surface area (Å²) in [7, 11) is 0. The van der Waals surface area contributed by atoms with Gasteiger partial charge in [0.15, 0.2) is 5.69 Å². The van der Waals surface area contributed by atoms with Gasteiger partial charge in [-0.15, -0.1) is 0 Å². The lowest BCUT2D eigenvalue weighted by Gasteiger charge is -2.28. The third kappa shape index (κ3) is 5.12. The van der Waals surface area contributed by atoms with Crippen molar-refractivity contribution in [2.75, 3.05) is 36.4 Å². The zero-order chi connectivity index (χ0) is 25.9. The first kappa shape index (κ1) is 24.2. The Morgan fingerprint density at radius 1 is 1.00 bits per heavy atom. The molecule has 194 valence electrons. The van der Waals surface area contributed by atoms with Crippen molar-refractivity contribution >= 4 is 28.3 Å². The predicted molar refractivity (Wildman–Crippen MR) is 147 cm³/mol. The van der Waals surface area contributed by atoms with Crippen LogP contribution in [0.4, 0.5) is 11.5 Å². The number of nitrogens with zero attached hydrogens (tertiary/aromatic N) is 6. The van der Waals surface area contributed by atoms with E-state index in [4.69, 9.17) is 0 Å². The molecule has 0 spiro atoms. The molecule has 0 unspecified atom stereocenters. The number of anilines is 2. The number of nitroso groups, excluding NO2 is 1. The monoisotopic (exact) mass is 510 g/mol. The van der Waals surface area contributed by atoms with Crippen molar-refractivity contribution in [2.24, 2.45) is 5.18 Å². The van der Waals surface area contributed by atoms with Crippen LogP contribution in [-0.2, 0) is 6.54 Å². The molecule has 0 saturated carbocycles. The average molecular weight is 511 g/mol. The van der Waals surface area contributed by atoms with E-state index in [2.05, 4.69) is 46.5 Å². The van der Waals surface area contributed by atoms with Gasteiger partial charge in [0.05, 0.1) is 23.4 Å². The molecule has 5 heterocycles. The van der Waals surface area contributed by atoms with Crippen molar-refractivity contribution in [3.63, 3.8) is 0 Å². The van der Waals surface area contributed by atoms with Crippen LogP contribution in [-0.4, -0.2) is 63.2 Å². The molecule has 0 bridgehead atoms. The normalized spacial score (nSPS) is 16.7. The first-order valence-corrected chi connectivity index (χ1v) is 13.2. The highest BCUT2D eigenvalue weighted by atomic mass is 16.3. The van der Waals surface area contributed by atoms with E-state index in [1.54, 1.807) is 6.20 Å². The second-order valence-corrected chi connectivity index (χ2v) is 10.1. The number of piperidine rings is 1. The van der Waals surface area contributed by atoms with Crippen LogP contribution in [0.3, 0.4) is 0 Å². The van der Waals surface area contributed by atoms with Gasteiger partial charge < -0.3 is 10.2 Å². The Morgan fingerprint density at radius 3 is 2.61 bits per heavy atom. The highest BCUT2D eigenvalue weighted by molar-refractivity contribution is 6.11. The number of hydrogen-bond acceptors (Lipinski definition) is 8. The Kier molecular flexibility index (Phi) is 6.78. The number of nitrogens with one attached hydrogen (secondary N) is 2. The van der Waals surface area contributed by atoms with E-state index in [1.807, 2.05) is 42.7 Å². The van der Waals surface area contributed by atoms with E-state index in [0.717, 1.165) is 79.0 Å². The fourth-order valence-electron chi connectivity index (χ4n) is 5.32. The number of carbonyl (C=O) groups is 1. The summed E-state index contributed by atoms with van der Waals surface area (Å²) in [5.41, 5.74) is 4.80. The third-order valence-corrected chi connectivity index (χ3v) is 7.45. The molecule has 2 aliphatic rings. The van der Waals surface area contributed by atoms with Crippen LogP contribution in [0.2, 0.25) is 0 Å². The smallest absolute Gasteiger partial charge is 0.276 e. The molecule has 1 aromatic carbocycles.